The van der Waals surface area contributed by atoms with Crippen LogP contribution >= 0.6 is 0 Å². The van der Waals surface area contributed by atoms with Gasteiger partial charge >= 0.3 is 0 Å². The first-order chi connectivity index (χ1) is 10.0. The van der Waals surface area contributed by atoms with Gasteiger partial charge in [0.05, 0.1) is 19.3 Å². The van der Waals surface area contributed by atoms with Gasteiger partial charge < -0.3 is 25.2 Å². The summed E-state index contributed by atoms with van der Waals surface area (Å²) >= 11 is 0. The maximum absolute atomic E-state index is 12.1. The fourth-order valence-electron chi connectivity index (χ4n) is 2.49. The van der Waals surface area contributed by atoms with Crippen LogP contribution in [0.3, 0.4) is 0 Å². The van der Waals surface area contributed by atoms with Crippen LogP contribution in [0, 0.1) is 0 Å². The van der Waals surface area contributed by atoms with Crippen molar-refractivity contribution in [1.29, 1.82) is 0 Å². The van der Waals surface area contributed by atoms with Crippen molar-refractivity contribution in [3.8, 4) is 5.75 Å². The third-order valence-electron chi connectivity index (χ3n) is 3.58. The van der Waals surface area contributed by atoms with Crippen molar-refractivity contribution in [2.75, 3.05) is 31.2 Å². The molecule has 0 aromatic heterocycles. The Bertz CT molecular complexity index is 504. The van der Waals surface area contributed by atoms with E-state index in [1.807, 2.05) is 11.8 Å². The zero-order chi connectivity index (χ0) is 15.4. The first kappa shape index (κ1) is 15.6. The van der Waals surface area contributed by atoms with Crippen LogP contribution in [-0.2, 0) is 9.53 Å². The van der Waals surface area contributed by atoms with Gasteiger partial charge in [-0.3, -0.25) is 4.79 Å². The number of phenols is 1. The highest BCUT2D eigenvalue weighted by Crippen LogP contribution is 2.30. The van der Waals surface area contributed by atoms with E-state index in [4.69, 9.17) is 4.74 Å². The molecule has 0 radical (unpaired) electrons. The Kier molecular flexibility index (Phi) is 5.03. The van der Waals surface area contributed by atoms with Gasteiger partial charge in [-0.05, 0) is 19.9 Å². The summed E-state index contributed by atoms with van der Waals surface area (Å²) in [5, 5.41) is 22.4. The summed E-state index contributed by atoms with van der Waals surface area (Å²) in [5.74, 6) is -0.0556. The van der Waals surface area contributed by atoms with Crippen LogP contribution in [-0.4, -0.2) is 48.5 Å². The lowest BCUT2D eigenvalue weighted by Gasteiger charge is -2.36. The summed E-state index contributed by atoms with van der Waals surface area (Å²) in [4.78, 5) is 14.0. The minimum Gasteiger partial charge on any atom is -0.507 e. The van der Waals surface area contributed by atoms with Crippen LogP contribution in [0.4, 0.5) is 5.69 Å². The Balaban J connectivity index is 2.25. The quantitative estimate of drug-likeness (QED) is 0.765. The van der Waals surface area contributed by atoms with E-state index in [1.165, 1.54) is 0 Å². The molecule has 1 heterocycles. The number of morpholine rings is 1. The maximum atomic E-state index is 12.1. The smallest absolute Gasteiger partial charge is 0.245 e. The van der Waals surface area contributed by atoms with Crippen molar-refractivity contribution >= 4 is 11.6 Å². The molecular formula is C15H22N2O4. The van der Waals surface area contributed by atoms with Gasteiger partial charge in [-0.25, -0.2) is 0 Å². The maximum Gasteiger partial charge on any atom is 0.245 e. The van der Waals surface area contributed by atoms with E-state index in [0.717, 1.165) is 5.69 Å². The van der Waals surface area contributed by atoms with Gasteiger partial charge in [0.25, 0.3) is 0 Å². The van der Waals surface area contributed by atoms with Crippen LogP contribution < -0.4 is 10.2 Å². The Hall–Kier alpha value is -1.79. The van der Waals surface area contributed by atoms with Crippen LogP contribution in [0.5, 0.6) is 5.75 Å². The van der Waals surface area contributed by atoms with Crippen LogP contribution in [0.25, 0.3) is 0 Å². The molecule has 1 aliphatic heterocycles. The monoisotopic (exact) mass is 294 g/mol. The second-order valence-corrected chi connectivity index (χ2v) is 5.10. The van der Waals surface area contributed by atoms with Crippen LogP contribution in [0.1, 0.15) is 25.5 Å². The van der Waals surface area contributed by atoms with Gasteiger partial charge in [0.2, 0.25) is 5.91 Å². The Morgan fingerprint density at radius 3 is 2.95 bits per heavy atom. The number of carbonyl (C=O) groups excluding carboxylic acids is 1. The number of amides is 1. The molecule has 2 rings (SSSR count). The van der Waals surface area contributed by atoms with E-state index >= 15 is 0 Å². The van der Waals surface area contributed by atoms with Crippen molar-refractivity contribution in [3.05, 3.63) is 23.8 Å². The van der Waals surface area contributed by atoms with E-state index in [9.17, 15) is 15.0 Å². The fraction of sp³-hybridized carbons (Fsp3) is 0.533. The van der Waals surface area contributed by atoms with E-state index < -0.39 is 12.1 Å². The number of ether oxygens (including phenoxy) is 1. The van der Waals surface area contributed by atoms with E-state index in [0.29, 0.717) is 31.9 Å². The molecule has 2 atom stereocenters. The summed E-state index contributed by atoms with van der Waals surface area (Å²) in [6.07, 6.45) is -0.733. The fourth-order valence-corrected chi connectivity index (χ4v) is 2.49. The lowest BCUT2D eigenvalue weighted by atomic mass is 10.1. The normalized spacial score (nSPS) is 20.1. The van der Waals surface area contributed by atoms with Crippen molar-refractivity contribution < 1.29 is 19.7 Å². The summed E-state index contributed by atoms with van der Waals surface area (Å²) in [6, 6.07) is 4.66. The highest BCUT2D eigenvalue weighted by Gasteiger charge is 2.29. The van der Waals surface area contributed by atoms with Gasteiger partial charge in [-0.1, -0.05) is 6.07 Å². The van der Waals surface area contributed by atoms with Gasteiger partial charge in [-0.2, -0.15) is 0 Å². The molecule has 6 heteroatoms. The highest BCUT2D eigenvalue weighted by atomic mass is 16.5. The summed E-state index contributed by atoms with van der Waals surface area (Å²) in [5.41, 5.74) is 1.22. The number of aliphatic hydroxyl groups is 1. The van der Waals surface area contributed by atoms with Gasteiger partial charge in [0.15, 0.2) is 0 Å². The highest BCUT2D eigenvalue weighted by molar-refractivity contribution is 5.85. The Labute approximate surface area is 124 Å². The third-order valence-corrected chi connectivity index (χ3v) is 3.58. The zero-order valence-electron chi connectivity index (χ0n) is 12.4. The summed E-state index contributed by atoms with van der Waals surface area (Å²) in [6.45, 7) is 5.47. The first-order valence-corrected chi connectivity index (χ1v) is 7.17. The number of hydrogen-bond acceptors (Lipinski definition) is 5. The molecule has 1 aromatic carbocycles. The SMILES string of the molecule is CCNC(=O)C1COCCN1c1ccc(C(C)O)c(O)c1. The number of likely N-dealkylation sites (N-methyl/N-ethyl adjacent to an activating group) is 1. The number of benzene rings is 1. The largest absolute Gasteiger partial charge is 0.507 e. The second-order valence-electron chi connectivity index (χ2n) is 5.10. The van der Waals surface area contributed by atoms with Gasteiger partial charge in [0.1, 0.15) is 11.8 Å². The molecule has 116 valence electrons. The molecule has 0 bridgehead atoms. The molecule has 0 saturated carbocycles. The molecule has 0 spiro atoms. The standard InChI is InChI=1S/C15H22N2O4/c1-3-16-15(20)13-9-21-7-6-17(13)11-4-5-12(10(2)18)14(19)8-11/h4-5,8,10,13,18-19H,3,6-7,9H2,1-2H3,(H,16,20). The number of nitrogens with one attached hydrogen (secondary N) is 1. The third kappa shape index (κ3) is 3.46. The number of anilines is 1. The molecule has 1 amide bonds. The minimum absolute atomic E-state index is 0.0311. The number of rotatable bonds is 4. The molecule has 3 N–H and O–H groups in total. The average molecular weight is 294 g/mol. The number of hydrogen-bond donors (Lipinski definition) is 3. The van der Waals surface area contributed by atoms with Crippen molar-refractivity contribution in [2.24, 2.45) is 0 Å². The average Bonchev–Trinajstić information content (AvgIpc) is 2.47. The summed E-state index contributed by atoms with van der Waals surface area (Å²) in [7, 11) is 0. The molecule has 1 saturated heterocycles. The van der Waals surface area contributed by atoms with Gasteiger partial charge in [-0.15, -0.1) is 0 Å². The number of aliphatic hydroxyl groups excluding tert-OH is 1. The van der Waals surface area contributed by atoms with Crippen molar-refractivity contribution in [3.63, 3.8) is 0 Å². The van der Waals surface area contributed by atoms with Gasteiger partial charge in [0, 0.05) is 30.4 Å². The molecule has 0 aliphatic carbocycles. The Morgan fingerprint density at radius 1 is 1.57 bits per heavy atom. The number of nitrogens with zero attached hydrogens (tertiary/aromatic N) is 1. The van der Waals surface area contributed by atoms with E-state index in [-0.39, 0.29) is 11.7 Å². The molecule has 6 nitrogen and oxygen atoms in total. The predicted octanol–water partition coefficient (Wildman–Crippen LogP) is 0.787. The topological polar surface area (TPSA) is 82.0 Å². The molecular weight excluding hydrogens is 272 g/mol. The van der Waals surface area contributed by atoms with E-state index in [2.05, 4.69) is 5.32 Å². The molecule has 1 fully saturated rings. The Morgan fingerprint density at radius 2 is 2.33 bits per heavy atom. The van der Waals surface area contributed by atoms with Crippen LogP contribution in [0.2, 0.25) is 0 Å². The van der Waals surface area contributed by atoms with Crippen molar-refractivity contribution in [1.82, 2.24) is 5.32 Å². The van der Waals surface area contributed by atoms with Crippen molar-refractivity contribution in [2.45, 2.75) is 26.0 Å². The summed E-state index contributed by atoms with van der Waals surface area (Å²) < 4.78 is 5.39. The molecule has 1 aliphatic rings. The zero-order valence-corrected chi connectivity index (χ0v) is 12.4. The molecule has 2 unspecified atom stereocenters. The molecule has 21 heavy (non-hydrogen) atoms. The first-order valence-electron chi connectivity index (χ1n) is 7.17. The molecule has 1 aromatic rings. The number of phenolic OH excluding ortho intramolecular Hbond substituents is 1. The number of aromatic hydroxyl groups is 1. The predicted molar refractivity (Wildman–Crippen MR) is 79.4 cm³/mol. The van der Waals surface area contributed by atoms with E-state index in [1.54, 1.807) is 25.1 Å². The minimum atomic E-state index is -0.733. The lowest BCUT2D eigenvalue weighted by molar-refractivity contribution is -0.124. The van der Waals surface area contributed by atoms with Crippen LogP contribution in [0.15, 0.2) is 18.2 Å². The number of carbonyl (C=O) groups is 1. The second kappa shape index (κ2) is 6.78. The lowest BCUT2D eigenvalue weighted by Crippen LogP contribution is -2.54.